The fraction of sp³-hybridized carbons (Fsp3) is 0.917. The first kappa shape index (κ1) is 11.9. The molecule has 0 aromatic rings. The third kappa shape index (κ3) is 2.74. The molecule has 4 heteroatoms. The monoisotopic (exact) mass is 226 g/mol. The Balaban J connectivity index is 1.71. The molecule has 1 aliphatic carbocycles. The van der Waals surface area contributed by atoms with Crippen molar-refractivity contribution >= 4 is 5.91 Å². The molecule has 2 rings (SSSR count). The quantitative estimate of drug-likeness (QED) is 0.748. The average molecular weight is 226 g/mol. The summed E-state index contributed by atoms with van der Waals surface area (Å²) in [5.74, 6) is 0.506. The molecule has 1 saturated carbocycles. The molecule has 16 heavy (non-hydrogen) atoms. The zero-order chi connectivity index (χ0) is 11.5. The van der Waals surface area contributed by atoms with Gasteiger partial charge in [0.05, 0.1) is 6.10 Å². The van der Waals surface area contributed by atoms with Gasteiger partial charge in [-0.25, -0.2) is 0 Å². The highest BCUT2D eigenvalue weighted by atomic mass is 16.5. The normalized spacial score (nSPS) is 38.9. The van der Waals surface area contributed by atoms with E-state index in [0.717, 1.165) is 25.7 Å². The molecule has 1 heterocycles. The van der Waals surface area contributed by atoms with Crippen LogP contribution in [-0.4, -0.2) is 30.7 Å². The lowest BCUT2D eigenvalue weighted by Crippen LogP contribution is -2.40. The van der Waals surface area contributed by atoms with Crippen LogP contribution in [0.5, 0.6) is 0 Å². The molecule has 1 amide bonds. The lowest BCUT2D eigenvalue weighted by Gasteiger charge is -2.17. The van der Waals surface area contributed by atoms with Crippen LogP contribution in [0.4, 0.5) is 0 Å². The van der Waals surface area contributed by atoms with Crippen LogP contribution < -0.4 is 11.1 Å². The second-order valence-corrected chi connectivity index (χ2v) is 5.11. The third-order valence-electron chi connectivity index (χ3n) is 3.78. The summed E-state index contributed by atoms with van der Waals surface area (Å²) < 4.78 is 5.52. The summed E-state index contributed by atoms with van der Waals surface area (Å²) in [4.78, 5) is 11.8. The first-order valence-electron chi connectivity index (χ1n) is 6.35. The number of nitrogens with two attached hydrogens (primary N) is 1. The van der Waals surface area contributed by atoms with E-state index in [1.807, 2.05) is 6.92 Å². The summed E-state index contributed by atoms with van der Waals surface area (Å²) in [7, 11) is 0. The third-order valence-corrected chi connectivity index (χ3v) is 3.78. The first-order chi connectivity index (χ1) is 7.66. The topological polar surface area (TPSA) is 64.4 Å². The van der Waals surface area contributed by atoms with Gasteiger partial charge in [0, 0.05) is 12.6 Å². The molecule has 0 aromatic heterocycles. The molecule has 1 aliphatic heterocycles. The summed E-state index contributed by atoms with van der Waals surface area (Å²) in [5.41, 5.74) is 5.96. The number of hydrogen-bond acceptors (Lipinski definition) is 3. The number of carbonyl (C=O) groups is 1. The number of ether oxygens (including phenoxy) is 1. The molecule has 4 unspecified atom stereocenters. The zero-order valence-corrected chi connectivity index (χ0v) is 9.95. The minimum Gasteiger partial charge on any atom is -0.365 e. The maximum atomic E-state index is 11.8. The van der Waals surface area contributed by atoms with Gasteiger partial charge in [0.1, 0.15) is 6.10 Å². The van der Waals surface area contributed by atoms with Gasteiger partial charge in [-0.3, -0.25) is 4.79 Å². The van der Waals surface area contributed by atoms with Crippen LogP contribution in [-0.2, 0) is 9.53 Å². The standard InChI is InChI=1S/C12H22N2O2/c1-8-5-6-11(16-8)12(15)14-7-9-3-2-4-10(9)13/h8-11H,2-7,13H2,1H3,(H,14,15). The van der Waals surface area contributed by atoms with Crippen molar-refractivity contribution in [3.8, 4) is 0 Å². The zero-order valence-electron chi connectivity index (χ0n) is 9.95. The Morgan fingerprint density at radius 1 is 1.38 bits per heavy atom. The SMILES string of the molecule is CC1CCC(C(=O)NCC2CCCC2N)O1. The predicted molar refractivity (Wildman–Crippen MR) is 61.9 cm³/mol. The number of amides is 1. The van der Waals surface area contributed by atoms with Crippen LogP contribution in [0.1, 0.15) is 39.0 Å². The van der Waals surface area contributed by atoms with Crippen molar-refractivity contribution in [2.45, 2.75) is 57.3 Å². The van der Waals surface area contributed by atoms with Gasteiger partial charge in [-0.05, 0) is 38.5 Å². The van der Waals surface area contributed by atoms with Gasteiger partial charge < -0.3 is 15.8 Å². The van der Waals surface area contributed by atoms with Gasteiger partial charge >= 0.3 is 0 Å². The summed E-state index contributed by atoms with van der Waals surface area (Å²) >= 11 is 0. The molecule has 0 spiro atoms. The highest BCUT2D eigenvalue weighted by Gasteiger charge is 2.29. The van der Waals surface area contributed by atoms with Crippen molar-refractivity contribution in [3.05, 3.63) is 0 Å². The molecule has 92 valence electrons. The van der Waals surface area contributed by atoms with E-state index < -0.39 is 0 Å². The van der Waals surface area contributed by atoms with Gasteiger partial charge in [0.25, 0.3) is 0 Å². The van der Waals surface area contributed by atoms with Crippen molar-refractivity contribution in [1.82, 2.24) is 5.32 Å². The molecule has 1 saturated heterocycles. The highest BCUT2D eigenvalue weighted by molar-refractivity contribution is 5.81. The van der Waals surface area contributed by atoms with Crippen molar-refractivity contribution in [2.75, 3.05) is 6.54 Å². The predicted octanol–water partition coefficient (Wildman–Crippen LogP) is 0.797. The van der Waals surface area contributed by atoms with Gasteiger partial charge in [0.2, 0.25) is 5.91 Å². The maximum absolute atomic E-state index is 11.8. The molecule has 0 bridgehead atoms. The molecule has 0 aromatic carbocycles. The van der Waals surface area contributed by atoms with Gasteiger partial charge in [-0.15, -0.1) is 0 Å². The Labute approximate surface area is 96.9 Å². The van der Waals surface area contributed by atoms with Crippen LogP contribution in [0.2, 0.25) is 0 Å². The largest absolute Gasteiger partial charge is 0.365 e. The van der Waals surface area contributed by atoms with E-state index in [9.17, 15) is 4.79 Å². The number of rotatable bonds is 3. The Bertz CT molecular complexity index is 257. The molecule has 4 atom stereocenters. The summed E-state index contributed by atoms with van der Waals surface area (Å²) in [5, 5.41) is 2.97. The smallest absolute Gasteiger partial charge is 0.249 e. The van der Waals surface area contributed by atoms with E-state index in [2.05, 4.69) is 5.32 Å². The minimum absolute atomic E-state index is 0.0449. The van der Waals surface area contributed by atoms with Crippen molar-refractivity contribution in [3.63, 3.8) is 0 Å². The first-order valence-corrected chi connectivity index (χ1v) is 6.35. The van der Waals surface area contributed by atoms with Gasteiger partial charge in [-0.2, -0.15) is 0 Å². The van der Waals surface area contributed by atoms with E-state index in [1.165, 1.54) is 6.42 Å². The molecular weight excluding hydrogens is 204 g/mol. The molecule has 2 fully saturated rings. The number of hydrogen-bond donors (Lipinski definition) is 2. The number of carbonyl (C=O) groups excluding carboxylic acids is 1. The number of nitrogens with one attached hydrogen (secondary N) is 1. The lowest BCUT2D eigenvalue weighted by molar-refractivity contribution is -0.131. The van der Waals surface area contributed by atoms with Crippen LogP contribution >= 0.6 is 0 Å². The van der Waals surface area contributed by atoms with Crippen LogP contribution in [0.15, 0.2) is 0 Å². The molecule has 0 radical (unpaired) electrons. The Kier molecular flexibility index (Phi) is 3.82. The Morgan fingerprint density at radius 3 is 2.75 bits per heavy atom. The van der Waals surface area contributed by atoms with Crippen molar-refractivity contribution in [1.29, 1.82) is 0 Å². The van der Waals surface area contributed by atoms with Gasteiger partial charge in [0.15, 0.2) is 0 Å². The fourth-order valence-electron chi connectivity index (χ4n) is 2.66. The van der Waals surface area contributed by atoms with Crippen LogP contribution in [0, 0.1) is 5.92 Å². The van der Waals surface area contributed by atoms with Gasteiger partial charge in [-0.1, -0.05) is 6.42 Å². The summed E-state index contributed by atoms with van der Waals surface area (Å²) in [6.07, 6.45) is 5.27. The van der Waals surface area contributed by atoms with E-state index >= 15 is 0 Å². The summed E-state index contributed by atoms with van der Waals surface area (Å²) in [6.45, 7) is 2.73. The van der Waals surface area contributed by atoms with E-state index in [4.69, 9.17) is 10.5 Å². The second-order valence-electron chi connectivity index (χ2n) is 5.11. The van der Waals surface area contributed by atoms with E-state index in [0.29, 0.717) is 12.5 Å². The molecular formula is C12H22N2O2. The van der Waals surface area contributed by atoms with E-state index in [1.54, 1.807) is 0 Å². The summed E-state index contributed by atoms with van der Waals surface area (Å²) in [6, 6.07) is 0.267. The Morgan fingerprint density at radius 2 is 2.19 bits per heavy atom. The minimum atomic E-state index is -0.229. The van der Waals surface area contributed by atoms with Crippen molar-refractivity contribution < 1.29 is 9.53 Å². The molecule has 3 N–H and O–H groups in total. The van der Waals surface area contributed by atoms with Crippen LogP contribution in [0.25, 0.3) is 0 Å². The molecule has 2 aliphatic rings. The average Bonchev–Trinajstić information content (AvgIpc) is 2.84. The molecule has 4 nitrogen and oxygen atoms in total. The van der Waals surface area contributed by atoms with Crippen LogP contribution in [0.3, 0.4) is 0 Å². The van der Waals surface area contributed by atoms with Crippen molar-refractivity contribution in [2.24, 2.45) is 11.7 Å². The lowest BCUT2D eigenvalue weighted by atomic mass is 10.0. The second kappa shape index (κ2) is 5.15. The maximum Gasteiger partial charge on any atom is 0.249 e. The highest BCUT2D eigenvalue weighted by Crippen LogP contribution is 2.23. The Hall–Kier alpha value is -0.610. The fourth-order valence-corrected chi connectivity index (χ4v) is 2.66. The van der Waals surface area contributed by atoms with E-state index in [-0.39, 0.29) is 24.2 Å².